The Morgan fingerprint density at radius 1 is 1.07 bits per heavy atom. The summed E-state index contributed by atoms with van der Waals surface area (Å²) in [5.74, 6) is 0.660. The molecule has 15 heavy (non-hydrogen) atoms. The molecule has 5 heteroatoms. The SMILES string of the molecule is C[SiH2]OC(O[SiH2]C)C(C)(C)C(I)C(C)C. The molecule has 0 aromatic heterocycles. The van der Waals surface area contributed by atoms with Crippen molar-refractivity contribution >= 4 is 42.1 Å². The maximum Gasteiger partial charge on any atom is 0.161 e. The molecule has 0 fully saturated rings. The van der Waals surface area contributed by atoms with Crippen molar-refractivity contribution in [1.29, 1.82) is 0 Å². The second-order valence-corrected chi connectivity index (χ2v) is 7.87. The number of rotatable bonds is 7. The first-order valence-corrected chi connectivity index (χ1v) is 11.0. The molecular weight excluding hydrogens is 335 g/mol. The number of halogens is 1. The molecule has 0 heterocycles. The summed E-state index contributed by atoms with van der Waals surface area (Å²) in [5, 5.41) is 0. The summed E-state index contributed by atoms with van der Waals surface area (Å²) >= 11 is 2.54. The lowest BCUT2D eigenvalue weighted by atomic mass is 9.83. The van der Waals surface area contributed by atoms with Crippen molar-refractivity contribution in [3.05, 3.63) is 0 Å². The first-order chi connectivity index (χ1) is 6.87. The van der Waals surface area contributed by atoms with Crippen LogP contribution in [0.5, 0.6) is 0 Å². The molecule has 0 aliphatic heterocycles. The fraction of sp³-hybridized carbons (Fsp3) is 1.00. The highest BCUT2D eigenvalue weighted by Gasteiger charge is 2.38. The van der Waals surface area contributed by atoms with Gasteiger partial charge in [0.2, 0.25) is 0 Å². The van der Waals surface area contributed by atoms with Crippen LogP contribution in [-0.4, -0.2) is 29.7 Å². The molecule has 0 spiro atoms. The summed E-state index contributed by atoms with van der Waals surface area (Å²) < 4.78 is 12.3. The van der Waals surface area contributed by atoms with Crippen molar-refractivity contribution in [1.82, 2.24) is 0 Å². The van der Waals surface area contributed by atoms with Crippen LogP contribution in [0.4, 0.5) is 0 Å². The summed E-state index contributed by atoms with van der Waals surface area (Å²) in [6.07, 6.45) is 0.0233. The van der Waals surface area contributed by atoms with E-state index in [0.717, 1.165) is 0 Å². The molecule has 1 unspecified atom stereocenters. The molecule has 0 N–H and O–H groups in total. The van der Waals surface area contributed by atoms with E-state index in [1.807, 2.05) is 0 Å². The maximum atomic E-state index is 5.87. The van der Waals surface area contributed by atoms with Gasteiger partial charge in [0.05, 0.1) is 0 Å². The molecule has 0 radical (unpaired) electrons. The van der Waals surface area contributed by atoms with Gasteiger partial charge in [-0.2, -0.15) is 0 Å². The molecule has 0 aromatic rings. The first-order valence-electron chi connectivity index (χ1n) is 5.75. The van der Waals surface area contributed by atoms with Crippen LogP contribution in [0.15, 0.2) is 0 Å². The predicted molar refractivity (Wildman–Crippen MR) is 81.2 cm³/mol. The van der Waals surface area contributed by atoms with Crippen LogP contribution in [0, 0.1) is 11.3 Å². The highest BCUT2D eigenvalue weighted by Crippen LogP contribution is 2.37. The molecule has 0 saturated heterocycles. The van der Waals surface area contributed by atoms with Crippen LogP contribution in [-0.2, 0) is 8.85 Å². The fourth-order valence-electron chi connectivity index (χ4n) is 1.77. The van der Waals surface area contributed by atoms with Crippen molar-refractivity contribution in [2.24, 2.45) is 11.3 Å². The van der Waals surface area contributed by atoms with Gasteiger partial charge in [0.15, 0.2) is 19.5 Å². The molecule has 0 aliphatic carbocycles. The Bertz CT molecular complexity index is 171. The van der Waals surface area contributed by atoms with Gasteiger partial charge in [0, 0.05) is 9.34 Å². The third-order valence-corrected chi connectivity index (χ3v) is 6.86. The molecule has 2 nitrogen and oxygen atoms in total. The Morgan fingerprint density at radius 3 is 1.73 bits per heavy atom. The minimum absolute atomic E-state index is 0.0233. The summed E-state index contributed by atoms with van der Waals surface area (Å²) in [6, 6.07) is 0. The number of hydrogen-bond acceptors (Lipinski definition) is 2. The van der Waals surface area contributed by atoms with Crippen LogP contribution in [0.3, 0.4) is 0 Å². The van der Waals surface area contributed by atoms with Gasteiger partial charge in [-0.3, -0.25) is 0 Å². The Hall–Kier alpha value is 1.08. The highest BCUT2D eigenvalue weighted by molar-refractivity contribution is 14.1. The maximum absolute atomic E-state index is 5.87. The summed E-state index contributed by atoms with van der Waals surface area (Å²) in [5.41, 5.74) is 0.112. The molecule has 1 atom stereocenters. The van der Waals surface area contributed by atoms with Crippen molar-refractivity contribution in [2.45, 2.75) is 51.0 Å². The van der Waals surface area contributed by atoms with E-state index in [9.17, 15) is 0 Å². The summed E-state index contributed by atoms with van der Waals surface area (Å²) in [6.45, 7) is 13.4. The predicted octanol–water partition coefficient (Wildman–Crippen LogP) is 2.10. The normalized spacial score (nSPS) is 18.4. The third-order valence-electron chi connectivity index (χ3n) is 2.54. The minimum Gasteiger partial charge on any atom is -0.400 e. The standard InChI is InChI=1S/C10H25IO2Si2/c1-7(2)8(11)10(3,4)9(12-14-5)13-15-6/h7-9H,14-15H2,1-6H3. The van der Waals surface area contributed by atoms with Crippen LogP contribution in [0.1, 0.15) is 27.7 Å². The van der Waals surface area contributed by atoms with E-state index < -0.39 is 19.5 Å². The van der Waals surface area contributed by atoms with Crippen LogP contribution in [0.2, 0.25) is 13.1 Å². The van der Waals surface area contributed by atoms with Gasteiger partial charge in [0.1, 0.15) is 6.29 Å². The lowest BCUT2D eigenvalue weighted by Gasteiger charge is -2.40. The number of alkyl halides is 1. The average molecular weight is 360 g/mol. The van der Waals surface area contributed by atoms with Crippen LogP contribution >= 0.6 is 22.6 Å². The van der Waals surface area contributed by atoms with Crippen molar-refractivity contribution in [3.8, 4) is 0 Å². The van der Waals surface area contributed by atoms with E-state index in [2.05, 4.69) is 63.4 Å². The second-order valence-electron chi connectivity index (χ2n) is 4.71. The van der Waals surface area contributed by atoms with Gasteiger partial charge in [-0.05, 0) is 5.92 Å². The zero-order valence-electron chi connectivity index (χ0n) is 10.8. The average Bonchev–Trinajstić information content (AvgIpc) is 2.16. The monoisotopic (exact) mass is 360 g/mol. The highest BCUT2D eigenvalue weighted by atomic mass is 127. The van der Waals surface area contributed by atoms with E-state index in [1.54, 1.807) is 0 Å². The van der Waals surface area contributed by atoms with E-state index >= 15 is 0 Å². The molecule has 0 aliphatic rings. The van der Waals surface area contributed by atoms with Crippen molar-refractivity contribution in [2.75, 3.05) is 0 Å². The first kappa shape index (κ1) is 16.1. The molecule has 0 aromatic carbocycles. The molecule has 0 rings (SSSR count). The Morgan fingerprint density at radius 2 is 1.47 bits per heavy atom. The molecule has 0 amide bonds. The van der Waals surface area contributed by atoms with E-state index in [-0.39, 0.29) is 11.7 Å². The van der Waals surface area contributed by atoms with Gasteiger partial charge in [-0.15, -0.1) is 0 Å². The Labute approximate surface area is 113 Å². The van der Waals surface area contributed by atoms with Gasteiger partial charge >= 0.3 is 0 Å². The lowest BCUT2D eigenvalue weighted by molar-refractivity contribution is -0.0809. The second kappa shape index (κ2) is 7.42. The van der Waals surface area contributed by atoms with Crippen LogP contribution in [0.25, 0.3) is 0 Å². The van der Waals surface area contributed by atoms with Gasteiger partial charge in [-0.1, -0.05) is 63.4 Å². The minimum atomic E-state index is -0.396. The van der Waals surface area contributed by atoms with E-state index in [0.29, 0.717) is 9.84 Å². The Balaban J connectivity index is 4.60. The fourth-order valence-corrected chi connectivity index (χ4v) is 3.91. The zero-order valence-corrected chi connectivity index (χ0v) is 15.8. The smallest absolute Gasteiger partial charge is 0.161 e. The van der Waals surface area contributed by atoms with Gasteiger partial charge in [0.25, 0.3) is 0 Å². The lowest BCUT2D eigenvalue weighted by Crippen LogP contribution is -2.43. The van der Waals surface area contributed by atoms with Crippen LogP contribution < -0.4 is 0 Å². The molecule has 92 valence electrons. The summed E-state index contributed by atoms with van der Waals surface area (Å²) in [7, 11) is -0.792. The number of hydrogen-bond donors (Lipinski definition) is 0. The van der Waals surface area contributed by atoms with Crippen molar-refractivity contribution < 1.29 is 8.85 Å². The molecule has 0 saturated carbocycles. The van der Waals surface area contributed by atoms with Gasteiger partial charge in [-0.25, -0.2) is 0 Å². The summed E-state index contributed by atoms with van der Waals surface area (Å²) in [4.78, 5) is 0. The quantitative estimate of drug-likeness (QED) is 0.300. The molecular formula is C10H25IO2Si2. The van der Waals surface area contributed by atoms with Crippen molar-refractivity contribution in [3.63, 3.8) is 0 Å². The molecule has 0 bridgehead atoms. The van der Waals surface area contributed by atoms with E-state index in [4.69, 9.17) is 8.85 Å². The third kappa shape index (κ3) is 4.85. The zero-order chi connectivity index (χ0) is 12.1. The van der Waals surface area contributed by atoms with E-state index in [1.165, 1.54) is 0 Å². The Kier molecular flexibility index (Phi) is 7.95. The largest absolute Gasteiger partial charge is 0.400 e. The topological polar surface area (TPSA) is 18.5 Å². The van der Waals surface area contributed by atoms with Gasteiger partial charge < -0.3 is 8.85 Å².